The fourth-order valence-electron chi connectivity index (χ4n) is 2.52. The monoisotopic (exact) mass is 288 g/mol. The van der Waals surface area contributed by atoms with Gasteiger partial charge in [0, 0.05) is 24.0 Å². The molecule has 0 radical (unpaired) electrons. The van der Waals surface area contributed by atoms with Crippen LogP contribution in [0.5, 0.6) is 0 Å². The highest BCUT2D eigenvalue weighted by Crippen LogP contribution is 2.23. The lowest BCUT2D eigenvalue weighted by Crippen LogP contribution is -2.27. The van der Waals surface area contributed by atoms with Gasteiger partial charge in [-0.2, -0.15) is 9.61 Å². The van der Waals surface area contributed by atoms with Crippen LogP contribution in [0.2, 0.25) is 0 Å². The van der Waals surface area contributed by atoms with Gasteiger partial charge in [-0.25, -0.2) is 4.98 Å². The molecule has 0 spiro atoms. The first kappa shape index (κ1) is 11.6. The number of aromatic nitrogens is 5. The maximum Gasteiger partial charge on any atom is 0.275 e. The number of nitrogens with zero attached hydrogens (tertiary/aromatic N) is 4. The molecule has 0 bridgehead atoms. The second kappa shape index (κ2) is 4.41. The van der Waals surface area contributed by atoms with Crippen molar-refractivity contribution in [3.8, 4) is 0 Å². The van der Waals surface area contributed by atoms with Crippen molar-refractivity contribution in [2.45, 2.75) is 25.3 Å². The lowest BCUT2D eigenvalue weighted by molar-refractivity contribution is 0.602. The zero-order chi connectivity index (χ0) is 13.5. The van der Waals surface area contributed by atoms with Crippen molar-refractivity contribution in [3.05, 3.63) is 40.1 Å². The Kier molecular flexibility index (Phi) is 2.56. The molecule has 1 unspecified atom stereocenters. The topological polar surface area (TPSA) is 88.0 Å². The molecule has 7 nitrogen and oxygen atoms in total. The van der Waals surface area contributed by atoms with Crippen LogP contribution in [0.25, 0.3) is 4.96 Å². The second-order valence-corrected chi connectivity index (χ2v) is 5.80. The number of anilines is 1. The average molecular weight is 288 g/mol. The summed E-state index contributed by atoms with van der Waals surface area (Å²) in [6.45, 7) is 0. The van der Waals surface area contributed by atoms with Gasteiger partial charge >= 0.3 is 0 Å². The van der Waals surface area contributed by atoms with E-state index in [2.05, 4.69) is 25.6 Å². The Balaban J connectivity index is 1.59. The Labute approximate surface area is 117 Å². The van der Waals surface area contributed by atoms with E-state index in [1.54, 1.807) is 0 Å². The van der Waals surface area contributed by atoms with Gasteiger partial charge in [-0.3, -0.25) is 9.89 Å². The van der Waals surface area contributed by atoms with Crippen molar-refractivity contribution >= 4 is 21.4 Å². The molecule has 0 amide bonds. The predicted molar refractivity (Wildman–Crippen MR) is 75.2 cm³/mol. The number of hydrogen-bond donors (Lipinski definition) is 2. The van der Waals surface area contributed by atoms with Crippen LogP contribution in [0, 0.1) is 0 Å². The number of fused-ring (bicyclic) bond motifs is 2. The summed E-state index contributed by atoms with van der Waals surface area (Å²) in [5.41, 5.74) is 2.33. The first-order chi connectivity index (χ1) is 9.79. The van der Waals surface area contributed by atoms with Crippen LogP contribution in [0.1, 0.15) is 17.7 Å². The summed E-state index contributed by atoms with van der Waals surface area (Å²) in [5.74, 6) is 0. The molecule has 102 valence electrons. The molecule has 0 aliphatic heterocycles. The third kappa shape index (κ3) is 1.88. The van der Waals surface area contributed by atoms with Crippen LogP contribution in [-0.4, -0.2) is 30.8 Å². The van der Waals surface area contributed by atoms with Crippen LogP contribution < -0.4 is 10.9 Å². The molecule has 0 saturated heterocycles. The van der Waals surface area contributed by atoms with Crippen molar-refractivity contribution in [1.29, 1.82) is 0 Å². The van der Waals surface area contributed by atoms with Crippen LogP contribution in [-0.2, 0) is 12.8 Å². The average Bonchev–Trinajstić information content (AvgIpc) is 3.05. The van der Waals surface area contributed by atoms with Gasteiger partial charge in [0.1, 0.15) is 0 Å². The number of aryl methyl sites for hydroxylation is 1. The minimum Gasteiger partial charge on any atom is -0.357 e. The summed E-state index contributed by atoms with van der Waals surface area (Å²) in [5, 5.41) is 15.5. The van der Waals surface area contributed by atoms with Gasteiger partial charge in [0.05, 0.1) is 6.20 Å². The van der Waals surface area contributed by atoms with Gasteiger partial charge < -0.3 is 5.32 Å². The van der Waals surface area contributed by atoms with E-state index in [9.17, 15) is 4.79 Å². The van der Waals surface area contributed by atoms with E-state index in [1.807, 2.05) is 6.20 Å². The molecule has 4 rings (SSSR count). The predicted octanol–water partition coefficient (Wildman–Crippen LogP) is 0.843. The molecular weight excluding hydrogens is 276 g/mol. The van der Waals surface area contributed by atoms with Crippen LogP contribution >= 0.6 is 11.3 Å². The number of hydrogen-bond acceptors (Lipinski definition) is 6. The molecule has 2 N–H and O–H groups in total. The molecule has 1 atom stereocenters. The molecule has 1 aliphatic rings. The standard InChI is InChI=1S/C12H12N6OS/c19-10-3-4-13-12-18(10)17-11(20-12)15-8-1-2-9-7(5-8)6-14-16-9/h3-4,6,8H,1-2,5H2,(H,14,16)(H,15,17). The van der Waals surface area contributed by atoms with Gasteiger partial charge in [0.25, 0.3) is 5.56 Å². The van der Waals surface area contributed by atoms with E-state index in [4.69, 9.17) is 0 Å². The zero-order valence-electron chi connectivity index (χ0n) is 10.5. The quantitative estimate of drug-likeness (QED) is 0.729. The van der Waals surface area contributed by atoms with E-state index in [0.717, 1.165) is 24.4 Å². The highest BCUT2D eigenvalue weighted by Gasteiger charge is 2.21. The van der Waals surface area contributed by atoms with Crippen molar-refractivity contribution in [2.24, 2.45) is 0 Å². The van der Waals surface area contributed by atoms with Crippen LogP contribution in [0.3, 0.4) is 0 Å². The highest BCUT2D eigenvalue weighted by molar-refractivity contribution is 7.20. The van der Waals surface area contributed by atoms with Gasteiger partial charge in [-0.15, -0.1) is 5.10 Å². The molecule has 0 aromatic carbocycles. The molecule has 0 saturated carbocycles. The highest BCUT2D eigenvalue weighted by atomic mass is 32.1. The molecule has 8 heteroatoms. The molecule has 3 aromatic rings. The fourth-order valence-corrected chi connectivity index (χ4v) is 3.37. The van der Waals surface area contributed by atoms with E-state index in [-0.39, 0.29) is 5.56 Å². The van der Waals surface area contributed by atoms with Crippen molar-refractivity contribution in [3.63, 3.8) is 0 Å². The number of rotatable bonds is 2. The van der Waals surface area contributed by atoms with Gasteiger partial charge in [-0.1, -0.05) is 11.3 Å². The van der Waals surface area contributed by atoms with Crippen LogP contribution in [0.15, 0.2) is 23.3 Å². The summed E-state index contributed by atoms with van der Waals surface area (Å²) >= 11 is 1.39. The van der Waals surface area contributed by atoms with E-state index >= 15 is 0 Å². The number of H-pyrrole nitrogens is 1. The Bertz CT molecular complexity index is 819. The molecule has 3 heterocycles. The minimum absolute atomic E-state index is 0.153. The number of aromatic amines is 1. The van der Waals surface area contributed by atoms with E-state index in [1.165, 1.54) is 39.4 Å². The normalized spacial score (nSPS) is 18.1. The fraction of sp³-hybridized carbons (Fsp3) is 0.333. The van der Waals surface area contributed by atoms with E-state index in [0.29, 0.717) is 11.0 Å². The summed E-state index contributed by atoms with van der Waals surface area (Å²) in [6.07, 6.45) is 6.32. The first-order valence-corrected chi connectivity index (χ1v) is 7.24. The largest absolute Gasteiger partial charge is 0.357 e. The number of nitrogens with one attached hydrogen (secondary N) is 2. The lowest BCUT2D eigenvalue weighted by atomic mass is 9.94. The van der Waals surface area contributed by atoms with Crippen molar-refractivity contribution in [2.75, 3.05) is 5.32 Å². The van der Waals surface area contributed by atoms with Crippen molar-refractivity contribution < 1.29 is 0 Å². The maximum absolute atomic E-state index is 11.6. The molecular formula is C12H12N6OS. The maximum atomic E-state index is 11.6. The smallest absolute Gasteiger partial charge is 0.275 e. The van der Waals surface area contributed by atoms with Gasteiger partial charge in [0.2, 0.25) is 10.1 Å². The Morgan fingerprint density at radius 3 is 3.35 bits per heavy atom. The van der Waals surface area contributed by atoms with Gasteiger partial charge in [-0.05, 0) is 24.8 Å². The lowest BCUT2D eigenvalue weighted by Gasteiger charge is -2.22. The van der Waals surface area contributed by atoms with Crippen LogP contribution in [0.4, 0.5) is 5.13 Å². The summed E-state index contributed by atoms with van der Waals surface area (Å²) < 4.78 is 1.33. The summed E-state index contributed by atoms with van der Waals surface area (Å²) in [6, 6.07) is 1.73. The molecule has 1 aliphatic carbocycles. The van der Waals surface area contributed by atoms with E-state index < -0.39 is 0 Å². The summed E-state index contributed by atoms with van der Waals surface area (Å²) in [7, 11) is 0. The Morgan fingerprint density at radius 1 is 1.50 bits per heavy atom. The Morgan fingerprint density at radius 2 is 2.45 bits per heavy atom. The zero-order valence-corrected chi connectivity index (χ0v) is 11.4. The Hall–Kier alpha value is -2.22. The molecule has 20 heavy (non-hydrogen) atoms. The SMILES string of the molecule is O=c1ccnc2sc(NC3CCc4[nH]ncc4C3)nn12. The first-order valence-electron chi connectivity index (χ1n) is 6.42. The molecule has 0 fully saturated rings. The third-order valence-electron chi connectivity index (χ3n) is 3.52. The summed E-state index contributed by atoms with van der Waals surface area (Å²) in [4.78, 5) is 16.4. The van der Waals surface area contributed by atoms with Crippen molar-refractivity contribution in [1.82, 2.24) is 24.8 Å². The minimum atomic E-state index is -0.153. The third-order valence-corrected chi connectivity index (χ3v) is 4.37. The van der Waals surface area contributed by atoms with Gasteiger partial charge in [0.15, 0.2) is 0 Å². The molecule has 3 aromatic heterocycles. The second-order valence-electron chi connectivity index (χ2n) is 4.84.